The number of halogens is 1. The highest BCUT2D eigenvalue weighted by atomic mass is 35.5. The van der Waals surface area contributed by atoms with Crippen molar-refractivity contribution >= 4 is 27.7 Å². The van der Waals surface area contributed by atoms with Crippen LogP contribution in [0.15, 0.2) is 12.2 Å². The fraction of sp³-hybridized carbons (Fsp3) is 0.727. The van der Waals surface area contributed by atoms with Gasteiger partial charge >= 0.3 is 5.97 Å². The average Bonchev–Trinajstić information content (AvgIpc) is 2.11. The average molecular weight is 299 g/mol. The minimum absolute atomic E-state index is 0.00544. The molecule has 0 saturated carbocycles. The van der Waals surface area contributed by atoms with E-state index >= 15 is 0 Å². The van der Waals surface area contributed by atoms with Gasteiger partial charge in [0.2, 0.25) is 0 Å². The van der Waals surface area contributed by atoms with Gasteiger partial charge in [0.1, 0.15) is 5.60 Å². The van der Waals surface area contributed by atoms with Crippen LogP contribution in [0.5, 0.6) is 0 Å². The van der Waals surface area contributed by atoms with Crippen molar-refractivity contribution in [1.82, 2.24) is 0 Å². The number of esters is 1. The minimum atomic E-state index is -3.62. The Kier molecular flexibility index (Phi) is 6.33. The van der Waals surface area contributed by atoms with Crippen molar-refractivity contribution in [3.05, 3.63) is 12.2 Å². The summed E-state index contributed by atoms with van der Waals surface area (Å²) in [6, 6.07) is 0. The molecule has 0 aliphatic carbocycles. The number of carbonyl (C=O) groups excluding carboxylic acids is 1. The van der Waals surface area contributed by atoms with Gasteiger partial charge in [0.15, 0.2) is 0 Å². The van der Waals surface area contributed by atoms with Crippen LogP contribution in [-0.4, -0.2) is 38.2 Å². The van der Waals surface area contributed by atoms with E-state index in [1.165, 1.54) is 0 Å². The normalized spacial score (nSPS) is 14.1. The fourth-order valence-corrected chi connectivity index (χ4v) is 1.95. The third-order valence-corrected chi connectivity index (χ3v) is 2.61. The van der Waals surface area contributed by atoms with E-state index in [1.807, 2.05) is 0 Å². The number of ether oxygens (including phenoxy) is 1. The molecule has 0 aliphatic rings. The third-order valence-electron chi connectivity index (χ3n) is 1.64. The predicted molar refractivity (Wildman–Crippen MR) is 70.0 cm³/mol. The van der Waals surface area contributed by atoms with E-state index in [0.717, 1.165) is 6.26 Å². The van der Waals surface area contributed by atoms with Gasteiger partial charge < -0.3 is 4.74 Å². The zero-order chi connectivity index (χ0) is 14.6. The Morgan fingerprint density at radius 1 is 1.39 bits per heavy atom. The molecule has 0 heterocycles. The molecule has 0 rings (SSSR count). The van der Waals surface area contributed by atoms with Gasteiger partial charge in [0, 0.05) is 12.0 Å². The molecule has 0 fully saturated rings. The van der Waals surface area contributed by atoms with Gasteiger partial charge in [-0.3, -0.25) is 4.18 Å². The van der Waals surface area contributed by atoms with Gasteiger partial charge in [0.25, 0.3) is 10.1 Å². The molecule has 0 aromatic rings. The molecule has 0 bridgehead atoms. The largest absolute Gasteiger partial charge is 0.457 e. The number of rotatable bonds is 6. The third kappa shape index (κ3) is 8.49. The summed E-state index contributed by atoms with van der Waals surface area (Å²) >= 11 is 5.57. The van der Waals surface area contributed by atoms with Crippen molar-refractivity contribution in [3.63, 3.8) is 0 Å². The Balaban J connectivity index is 4.49. The Morgan fingerprint density at radius 3 is 2.22 bits per heavy atom. The molecule has 0 aliphatic heterocycles. The first kappa shape index (κ1) is 17.4. The summed E-state index contributed by atoms with van der Waals surface area (Å²) in [7, 11) is -3.62. The summed E-state index contributed by atoms with van der Waals surface area (Å²) in [6.07, 6.45) is 0.107. The molecular formula is C11H19ClO5S. The molecule has 0 N–H and O–H groups in total. The molecule has 0 saturated heterocycles. The van der Waals surface area contributed by atoms with E-state index in [9.17, 15) is 13.2 Å². The second-order valence-corrected chi connectivity index (χ2v) is 6.80. The molecule has 0 radical (unpaired) electrons. The molecule has 106 valence electrons. The summed E-state index contributed by atoms with van der Waals surface area (Å²) in [5.74, 6) is -0.649. The van der Waals surface area contributed by atoms with Crippen molar-refractivity contribution in [2.75, 3.05) is 12.1 Å². The summed E-state index contributed by atoms with van der Waals surface area (Å²) in [5, 5.41) is 0. The van der Waals surface area contributed by atoms with Crippen LogP contribution in [0.2, 0.25) is 0 Å². The van der Waals surface area contributed by atoms with Crippen molar-refractivity contribution in [2.45, 2.75) is 38.9 Å². The fourth-order valence-electron chi connectivity index (χ4n) is 1.07. The molecule has 18 heavy (non-hydrogen) atoms. The zero-order valence-corrected chi connectivity index (χ0v) is 12.6. The lowest BCUT2D eigenvalue weighted by molar-refractivity contribution is -0.150. The maximum absolute atomic E-state index is 11.6. The summed E-state index contributed by atoms with van der Waals surface area (Å²) in [4.78, 5) is 11.6. The van der Waals surface area contributed by atoms with E-state index < -0.39 is 27.8 Å². The monoisotopic (exact) mass is 298 g/mol. The highest BCUT2D eigenvalue weighted by Crippen LogP contribution is 2.16. The molecule has 5 nitrogen and oxygen atoms in total. The second-order valence-electron chi connectivity index (χ2n) is 4.89. The molecule has 0 amide bonds. The van der Waals surface area contributed by atoms with Crippen LogP contribution in [0.1, 0.15) is 27.2 Å². The van der Waals surface area contributed by atoms with Crippen LogP contribution < -0.4 is 0 Å². The topological polar surface area (TPSA) is 69.7 Å². The Labute approximate surface area is 113 Å². The zero-order valence-electron chi connectivity index (χ0n) is 11.0. The van der Waals surface area contributed by atoms with Gasteiger partial charge in [-0.05, 0) is 20.8 Å². The lowest BCUT2D eigenvalue weighted by Gasteiger charge is -2.21. The van der Waals surface area contributed by atoms with Gasteiger partial charge in [0.05, 0.1) is 18.2 Å². The van der Waals surface area contributed by atoms with Crippen LogP contribution in [0.25, 0.3) is 0 Å². The molecular weight excluding hydrogens is 280 g/mol. The smallest absolute Gasteiger partial charge is 0.334 e. The van der Waals surface area contributed by atoms with Crippen molar-refractivity contribution in [3.8, 4) is 0 Å². The SMILES string of the molecule is C=C(C[C@@H](CCl)OS(C)(=O)=O)C(=O)OC(C)(C)C. The van der Waals surface area contributed by atoms with Crippen molar-refractivity contribution < 1.29 is 22.1 Å². The lowest BCUT2D eigenvalue weighted by atomic mass is 10.1. The quantitative estimate of drug-likeness (QED) is 0.324. The number of hydrogen-bond acceptors (Lipinski definition) is 5. The minimum Gasteiger partial charge on any atom is -0.457 e. The highest BCUT2D eigenvalue weighted by Gasteiger charge is 2.23. The Bertz CT molecular complexity index is 408. The van der Waals surface area contributed by atoms with E-state index in [2.05, 4.69) is 6.58 Å². The van der Waals surface area contributed by atoms with Crippen LogP contribution in [-0.2, 0) is 23.8 Å². The summed E-state index contributed by atoms with van der Waals surface area (Å²) in [5.41, 5.74) is -0.506. The van der Waals surface area contributed by atoms with E-state index in [1.54, 1.807) is 20.8 Å². The summed E-state index contributed by atoms with van der Waals surface area (Å²) in [6.45, 7) is 8.73. The maximum Gasteiger partial charge on any atom is 0.334 e. The van der Waals surface area contributed by atoms with Crippen molar-refractivity contribution in [1.29, 1.82) is 0 Å². The molecule has 0 aromatic carbocycles. The van der Waals surface area contributed by atoms with Crippen LogP contribution in [0, 0.1) is 0 Å². The van der Waals surface area contributed by atoms with Gasteiger partial charge in [-0.15, -0.1) is 11.6 Å². The second kappa shape index (κ2) is 6.54. The van der Waals surface area contributed by atoms with Gasteiger partial charge in [-0.1, -0.05) is 6.58 Å². The first-order valence-corrected chi connectivity index (χ1v) is 7.65. The molecule has 0 unspecified atom stereocenters. The molecule has 1 atom stereocenters. The lowest BCUT2D eigenvalue weighted by Crippen LogP contribution is -2.27. The first-order chi connectivity index (χ1) is 7.94. The summed E-state index contributed by atoms with van der Waals surface area (Å²) < 4.78 is 31.7. The number of alkyl halides is 1. The predicted octanol–water partition coefficient (Wildman–Crippen LogP) is 1.86. The maximum atomic E-state index is 11.6. The van der Waals surface area contributed by atoms with Crippen LogP contribution >= 0.6 is 11.6 Å². The van der Waals surface area contributed by atoms with Crippen LogP contribution in [0.3, 0.4) is 0 Å². The van der Waals surface area contributed by atoms with Gasteiger partial charge in [-0.2, -0.15) is 8.42 Å². The first-order valence-electron chi connectivity index (χ1n) is 5.30. The Morgan fingerprint density at radius 2 is 1.89 bits per heavy atom. The van der Waals surface area contributed by atoms with E-state index in [4.69, 9.17) is 20.5 Å². The molecule has 7 heteroatoms. The van der Waals surface area contributed by atoms with Crippen LogP contribution in [0.4, 0.5) is 0 Å². The molecule has 0 aromatic heterocycles. The van der Waals surface area contributed by atoms with Gasteiger partial charge in [-0.25, -0.2) is 4.79 Å². The van der Waals surface area contributed by atoms with Crippen molar-refractivity contribution in [2.24, 2.45) is 0 Å². The number of carbonyl (C=O) groups is 1. The highest BCUT2D eigenvalue weighted by molar-refractivity contribution is 7.86. The van der Waals surface area contributed by atoms with E-state index in [-0.39, 0.29) is 17.9 Å². The standard InChI is InChI=1S/C11H19ClO5S/c1-8(10(13)16-11(2,3)4)6-9(7-12)17-18(5,14)15/h9H,1,6-7H2,2-5H3/t9-/m0/s1. The molecule has 0 spiro atoms. The number of hydrogen-bond donors (Lipinski definition) is 0. The Hall–Kier alpha value is -0.590. The van der Waals surface area contributed by atoms with E-state index in [0.29, 0.717) is 0 Å².